The molecule has 3 nitrogen and oxygen atoms in total. The highest BCUT2D eigenvalue weighted by Crippen LogP contribution is 2.23. The molecule has 88 valence electrons. The first kappa shape index (κ1) is 13.0. The van der Waals surface area contributed by atoms with E-state index in [1.54, 1.807) is 12.1 Å². The Morgan fingerprint density at radius 1 is 1.50 bits per heavy atom. The summed E-state index contributed by atoms with van der Waals surface area (Å²) in [6, 6.07) is 5.33. The average molecular weight is 243 g/mol. The van der Waals surface area contributed by atoms with E-state index in [2.05, 4.69) is 0 Å². The number of aryl methyl sites for hydroxylation is 1. The quantitative estimate of drug-likeness (QED) is 0.835. The number of aliphatic hydroxyl groups excluding tert-OH is 1. The number of carbonyl (C=O) groups is 1. The van der Waals surface area contributed by atoms with E-state index in [1.807, 2.05) is 13.0 Å². The van der Waals surface area contributed by atoms with Crippen molar-refractivity contribution in [3.05, 3.63) is 34.3 Å². The Bertz CT molecular complexity index is 377. The van der Waals surface area contributed by atoms with Crippen LogP contribution in [0.1, 0.15) is 36.5 Å². The third-order valence-electron chi connectivity index (χ3n) is 2.43. The van der Waals surface area contributed by atoms with E-state index in [4.69, 9.17) is 16.7 Å². The van der Waals surface area contributed by atoms with Crippen LogP contribution in [0.2, 0.25) is 5.02 Å². The van der Waals surface area contributed by atoms with Crippen LogP contribution >= 0.6 is 11.6 Å². The molecule has 1 atom stereocenters. The third kappa shape index (κ3) is 3.83. The molecule has 1 aromatic carbocycles. The summed E-state index contributed by atoms with van der Waals surface area (Å²) in [7, 11) is 0. The lowest BCUT2D eigenvalue weighted by atomic mass is 10.0. The smallest absolute Gasteiger partial charge is 0.303 e. The molecule has 4 heteroatoms. The highest BCUT2D eigenvalue weighted by atomic mass is 35.5. The Balaban J connectivity index is 2.55. The topological polar surface area (TPSA) is 57.5 Å². The summed E-state index contributed by atoms with van der Waals surface area (Å²) in [5, 5.41) is 19.0. The van der Waals surface area contributed by atoms with Gasteiger partial charge in [-0.2, -0.15) is 0 Å². The third-order valence-corrected chi connectivity index (χ3v) is 2.86. The highest BCUT2D eigenvalue weighted by Gasteiger charge is 2.09. The number of carboxylic acid groups (broad SMARTS) is 1. The maximum Gasteiger partial charge on any atom is 0.303 e. The minimum Gasteiger partial charge on any atom is -0.481 e. The van der Waals surface area contributed by atoms with E-state index < -0.39 is 12.1 Å². The Kier molecular flexibility index (Phi) is 4.77. The average Bonchev–Trinajstić information content (AvgIpc) is 2.21. The minimum atomic E-state index is -0.834. The molecule has 0 aliphatic rings. The number of hydrogen-bond donors (Lipinski definition) is 2. The van der Waals surface area contributed by atoms with Gasteiger partial charge in [0.15, 0.2) is 0 Å². The number of aliphatic carboxylic acids is 1. The summed E-state index contributed by atoms with van der Waals surface area (Å²) >= 11 is 5.87. The number of rotatable bonds is 5. The van der Waals surface area contributed by atoms with Crippen LogP contribution < -0.4 is 0 Å². The number of benzene rings is 1. The Morgan fingerprint density at radius 2 is 2.19 bits per heavy atom. The van der Waals surface area contributed by atoms with Crippen LogP contribution in [0.3, 0.4) is 0 Å². The van der Waals surface area contributed by atoms with Crippen LogP contribution in [-0.4, -0.2) is 16.2 Å². The second kappa shape index (κ2) is 5.87. The number of carboxylic acids is 1. The molecule has 0 heterocycles. The fraction of sp³-hybridized carbons (Fsp3) is 0.417. The minimum absolute atomic E-state index is 0.0869. The van der Waals surface area contributed by atoms with Crippen LogP contribution in [0.5, 0.6) is 0 Å². The lowest BCUT2D eigenvalue weighted by molar-refractivity contribution is -0.137. The van der Waals surface area contributed by atoms with Crippen LogP contribution in [0.4, 0.5) is 0 Å². The number of halogens is 1. The molecule has 0 bridgehead atoms. The maximum atomic E-state index is 10.3. The van der Waals surface area contributed by atoms with Gasteiger partial charge in [0.2, 0.25) is 0 Å². The highest BCUT2D eigenvalue weighted by molar-refractivity contribution is 6.31. The van der Waals surface area contributed by atoms with Gasteiger partial charge < -0.3 is 10.2 Å². The fourth-order valence-corrected chi connectivity index (χ4v) is 1.61. The van der Waals surface area contributed by atoms with Gasteiger partial charge in [-0.05, 0) is 37.0 Å². The van der Waals surface area contributed by atoms with Gasteiger partial charge in [-0.25, -0.2) is 0 Å². The molecule has 1 rings (SSSR count). The Hall–Kier alpha value is -1.06. The first-order valence-electron chi connectivity index (χ1n) is 5.16. The zero-order chi connectivity index (χ0) is 12.1. The summed E-state index contributed by atoms with van der Waals surface area (Å²) in [6.07, 6.45) is 0.394. The van der Waals surface area contributed by atoms with Crippen LogP contribution in [0.25, 0.3) is 0 Å². The molecular formula is C12H15ClO3. The van der Waals surface area contributed by atoms with Crippen LogP contribution in [0.15, 0.2) is 18.2 Å². The molecule has 2 N–H and O–H groups in total. The van der Waals surface area contributed by atoms with E-state index in [9.17, 15) is 9.90 Å². The van der Waals surface area contributed by atoms with Gasteiger partial charge in [-0.15, -0.1) is 0 Å². The molecule has 16 heavy (non-hydrogen) atoms. The Labute approximate surface area is 99.7 Å². The largest absolute Gasteiger partial charge is 0.481 e. The van der Waals surface area contributed by atoms with E-state index >= 15 is 0 Å². The molecule has 0 aliphatic carbocycles. The van der Waals surface area contributed by atoms with Gasteiger partial charge in [0.25, 0.3) is 0 Å². The van der Waals surface area contributed by atoms with E-state index in [1.165, 1.54) is 0 Å². The normalized spacial score (nSPS) is 12.4. The van der Waals surface area contributed by atoms with Crippen molar-refractivity contribution < 1.29 is 15.0 Å². The molecule has 1 aromatic rings. The number of hydrogen-bond acceptors (Lipinski definition) is 2. The van der Waals surface area contributed by atoms with Crippen molar-refractivity contribution in [3.8, 4) is 0 Å². The monoisotopic (exact) mass is 242 g/mol. The summed E-state index contributed by atoms with van der Waals surface area (Å²) in [6.45, 7) is 1.87. The van der Waals surface area contributed by atoms with Gasteiger partial charge in [0.1, 0.15) is 0 Å². The molecule has 0 saturated carbocycles. The molecular weight excluding hydrogens is 228 g/mol. The fourth-order valence-electron chi connectivity index (χ4n) is 1.49. The van der Waals surface area contributed by atoms with Crippen molar-refractivity contribution in [2.75, 3.05) is 0 Å². The van der Waals surface area contributed by atoms with E-state index in [0.29, 0.717) is 17.9 Å². The van der Waals surface area contributed by atoms with Crippen molar-refractivity contribution >= 4 is 17.6 Å². The van der Waals surface area contributed by atoms with Gasteiger partial charge in [-0.3, -0.25) is 4.79 Å². The van der Waals surface area contributed by atoms with Crippen LogP contribution in [-0.2, 0) is 4.79 Å². The first-order chi connectivity index (χ1) is 7.50. The predicted molar refractivity (Wildman–Crippen MR) is 62.6 cm³/mol. The standard InChI is InChI=1S/C12H15ClO3/c1-8-7-9(5-6-10(8)13)11(14)3-2-4-12(15)16/h5-7,11,14H,2-4H2,1H3,(H,15,16). The van der Waals surface area contributed by atoms with Gasteiger partial charge in [0, 0.05) is 11.4 Å². The van der Waals surface area contributed by atoms with Gasteiger partial charge in [0.05, 0.1) is 6.10 Å². The zero-order valence-corrected chi connectivity index (χ0v) is 9.87. The van der Waals surface area contributed by atoms with Gasteiger partial charge in [-0.1, -0.05) is 23.7 Å². The van der Waals surface area contributed by atoms with Crippen molar-refractivity contribution in [1.29, 1.82) is 0 Å². The maximum absolute atomic E-state index is 10.3. The van der Waals surface area contributed by atoms with Crippen molar-refractivity contribution in [3.63, 3.8) is 0 Å². The molecule has 0 amide bonds. The van der Waals surface area contributed by atoms with Crippen molar-refractivity contribution in [2.45, 2.75) is 32.3 Å². The molecule has 0 spiro atoms. The van der Waals surface area contributed by atoms with Crippen LogP contribution in [0, 0.1) is 6.92 Å². The summed E-state index contributed by atoms with van der Waals surface area (Å²) in [5.74, 6) is -0.834. The van der Waals surface area contributed by atoms with E-state index in [0.717, 1.165) is 11.1 Å². The SMILES string of the molecule is Cc1cc(C(O)CCCC(=O)O)ccc1Cl. The molecule has 0 fully saturated rings. The molecule has 0 aliphatic heterocycles. The molecule has 0 radical (unpaired) electrons. The summed E-state index contributed by atoms with van der Waals surface area (Å²) in [4.78, 5) is 10.3. The summed E-state index contributed by atoms with van der Waals surface area (Å²) in [5.41, 5.74) is 1.70. The predicted octanol–water partition coefficient (Wildman–Crippen LogP) is 2.94. The van der Waals surface area contributed by atoms with E-state index in [-0.39, 0.29) is 6.42 Å². The molecule has 1 unspecified atom stereocenters. The Morgan fingerprint density at radius 3 is 2.75 bits per heavy atom. The van der Waals surface area contributed by atoms with Crippen molar-refractivity contribution in [2.24, 2.45) is 0 Å². The zero-order valence-electron chi connectivity index (χ0n) is 9.11. The molecule has 0 saturated heterocycles. The van der Waals surface area contributed by atoms with Gasteiger partial charge >= 0.3 is 5.97 Å². The second-order valence-electron chi connectivity index (χ2n) is 3.81. The lowest BCUT2D eigenvalue weighted by Crippen LogP contribution is -2.01. The number of aliphatic hydroxyl groups is 1. The van der Waals surface area contributed by atoms with Crippen molar-refractivity contribution in [1.82, 2.24) is 0 Å². The first-order valence-corrected chi connectivity index (χ1v) is 5.54. The lowest BCUT2D eigenvalue weighted by Gasteiger charge is -2.11. The summed E-state index contributed by atoms with van der Waals surface area (Å²) < 4.78 is 0. The second-order valence-corrected chi connectivity index (χ2v) is 4.22. The molecule has 0 aromatic heterocycles.